The molecular weight excluding hydrogens is 316 g/mol. The molecule has 0 atom stereocenters. The van der Waals surface area contributed by atoms with Gasteiger partial charge in [-0.25, -0.2) is 0 Å². The summed E-state index contributed by atoms with van der Waals surface area (Å²) in [5, 5.41) is 12.2. The Kier molecular flexibility index (Phi) is 5.03. The van der Waals surface area contributed by atoms with E-state index in [2.05, 4.69) is 26.4 Å². The van der Waals surface area contributed by atoms with Crippen LogP contribution in [0.4, 0.5) is 0 Å². The van der Waals surface area contributed by atoms with Gasteiger partial charge in [0.2, 0.25) is 5.91 Å². The number of carbonyl (C=O) groups is 1. The van der Waals surface area contributed by atoms with E-state index in [9.17, 15) is 4.79 Å². The van der Waals surface area contributed by atoms with E-state index in [1.54, 1.807) is 7.11 Å². The smallest absolute Gasteiger partial charge is 0.220 e. The van der Waals surface area contributed by atoms with E-state index in [1.165, 1.54) is 5.56 Å². The Morgan fingerprint density at radius 1 is 1.40 bits per heavy atom. The molecule has 1 aliphatic heterocycles. The SMILES string of the molecule is C#CCCC1(CCC(=O)NCCc2c[nH]c3cc(OC)ccc23)N=N1. The van der Waals surface area contributed by atoms with Gasteiger partial charge >= 0.3 is 0 Å². The predicted molar refractivity (Wildman–Crippen MR) is 96.5 cm³/mol. The van der Waals surface area contributed by atoms with Gasteiger partial charge in [-0.2, -0.15) is 10.2 Å². The van der Waals surface area contributed by atoms with Crippen LogP contribution in [0.15, 0.2) is 34.6 Å². The van der Waals surface area contributed by atoms with Crippen LogP contribution in [0.2, 0.25) is 0 Å². The highest BCUT2D eigenvalue weighted by Gasteiger charge is 2.39. The van der Waals surface area contributed by atoms with Gasteiger partial charge in [-0.3, -0.25) is 4.79 Å². The van der Waals surface area contributed by atoms with Gasteiger partial charge in [0.1, 0.15) is 5.75 Å². The van der Waals surface area contributed by atoms with E-state index in [4.69, 9.17) is 11.2 Å². The van der Waals surface area contributed by atoms with Gasteiger partial charge in [-0.1, -0.05) is 0 Å². The van der Waals surface area contributed by atoms with Gasteiger partial charge in [-0.05, 0) is 24.1 Å². The zero-order valence-electron chi connectivity index (χ0n) is 14.3. The summed E-state index contributed by atoms with van der Waals surface area (Å²) in [4.78, 5) is 15.2. The molecule has 2 aromatic rings. The molecule has 0 radical (unpaired) electrons. The molecule has 0 saturated heterocycles. The third-order valence-electron chi connectivity index (χ3n) is 4.50. The standard InChI is InChI=1S/C19H22N4O2/c1-3-4-9-19(22-23-19)10-7-18(24)20-11-8-14-13-21-17-12-15(25-2)5-6-16(14)17/h1,5-6,12-13,21H,4,7-11H2,2H3,(H,20,24). The Morgan fingerprint density at radius 3 is 2.96 bits per heavy atom. The minimum Gasteiger partial charge on any atom is -0.497 e. The molecule has 130 valence electrons. The number of amides is 1. The number of fused-ring (bicyclic) bond motifs is 1. The maximum absolute atomic E-state index is 12.0. The Balaban J connectivity index is 1.44. The van der Waals surface area contributed by atoms with E-state index >= 15 is 0 Å². The van der Waals surface area contributed by atoms with Crippen molar-refractivity contribution in [2.45, 2.75) is 37.8 Å². The van der Waals surface area contributed by atoms with Crippen LogP contribution in [0.5, 0.6) is 5.75 Å². The Labute approximate surface area is 147 Å². The number of carbonyl (C=O) groups excluding carboxylic acids is 1. The van der Waals surface area contributed by atoms with Gasteiger partial charge < -0.3 is 15.0 Å². The quantitative estimate of drug-likeness (QED) is 0.689. The summed E-state index contributed by atoms with van der Waals surface area (Å²) in [7, 11) is 1.65. The summed E-state index contributed by atoms with van der Waals surface area (Å²) in [6.07, 6.45) is 10.4. The van der Waals surface area contributed by atoms with Gasteiger partial charge in [0.15, 0.2) is 5.66 Å². The van der Waals surface area contributed by atoms with Crippen LogP contribution >= 0.6 is 0 Å². The molecule has 6 heteroatoms. The second-order valence-corrected chi connectivity index (χ2v) is 6.21. The third kappa shape index (κ3) is 4.18. The van der Waals surface area contributed by atoms with E-state index < -0.39 is 0 Å². The number of hydrogen-bond acceptors (Lipinski definition) is 4. The van der Waals surface area contributed by atoms with Crippen molar-refractivity contribution < 1.29 is 9.53 Å². The minimum atomic E-state index is -0.389. The van der Waals surface area contributed by atoms with Gasteiger partial charge in [0.25, 0.3) is 0 Å². The molecule has 2 N–H and O–H groups in total. The maximum Gasteiger partial charge on any atom is 0.220 e. The lowest BCUT2D eigenvalue weighted by atomic mass is 10.0. The molecule has 1 aliphatic rings. The molecule has 0 bridgehead atoms. The molecule has 2 heterocycles. The van der Waals surface area contributed by atoms with E-state index in [1.807, 2.05) is 24.4 Å². The van der Waals surface area contributed by atoms with E-state index in [0.29, 0.717) is 25.8 Å². The first kappa shape index (κ1) is 17.0. The van der Waals surface area contributed by atoms with Crippen molar-refractivity contribution in [3.05, 3.63) is 30.0 Å². The van der Waals surface area contributed by atoms with Crippen LogP contribution < -0.4 is 10.1 Å². The number of terminal acetylenes is 1. The normalized spacial score (nSPS) is 14.2. The highest BCUT2D eigenvalue weighted by atomic mass is 16.5. The van der Waals surface area contributed by atoms with Crippen molar-refractivity contribution >= 4 is 16.8 Å². The summed E-state index contributed by atoms with van der Waals surface area (Å²) in [5.74, 6) is 3.44. The molecule has 0 spiro atoms. The second-order valence-electron chi connectivity index (χ2n) is 6.21. The summed E-state index contributed by atoms with van der Waals surface area (Å²) >= 11 is 0. The number of hydrogen-bond donors (Lipinski definition) is 2. The molecule has 0 aliphatic carbocycles. The zero-order valence-corrected chi connectivity index (χ0v) is 14.3. The second kappa shape index (κ2) is 7.39. The summed E-state index contributed by atoms with van der Waals surface area (Å²) in [5.41, 5.74) is 1.82. The molecule has 0 fully saturated rings. The number of nitrogens with zero attached hydrogens (tertiary/aromatic N) is 2. The van der Waals surface area contributed by atoms with E-state index in [-0.39, 0.29) is 11.6 Å². The fraction of sp³-hybridized carbons (Fsp3) is 0.421. The van der Waals surface area contributed by atoms with Crippen molar-refractivity contribution in [2.24, 2.45) is 10.2 Å². The molecule has 0 saturated carbocycles. The highest BCUT2D eigenvalue weighted by Crippen LogP contribution is 2.37. The Bertz CT molecular complexity index is 826. The number of H-pyrrole nitrogens is 1. The Morgan fingerprint density at radius 2 is 2.24 bits per heavy atom. The van der Waals surface area contributed by atoms with Crippen LogP contribution in [-0.2, 0) is 11.2 Å². The number of ether oxygens (including phenoxy) is 1. The lowest BCUT2D eigenvalue weighted by molar-refractivity contribution is -0.121. The topological polar surface area (TPSA) is 78.8 Å². The molecule has 0 unspecified atom stereocenters. The van der Waals surface area contributed by atoms with Crippen molar-refractivity contribution in [3.8, 4) is 18.1 Å². The fourth-order valence-corrected chi connectivity index (χ4v) is 2.91. The van der Waals surface area contributed by atoms with Crippen molar-refractivity contribution in [3.63, 3.8) is 0 Å². The van der Waals surface area contributed by atoms with Gasteiger partial charge in [0, 0.05) is 55.4 Å². The van der Waals surface area contributed by atoms with Gasteiger partial charge in [0.05, 0.1) is 7.11 Å². The van der Waals surface area contributed by atoms with Crippen molar-refractivity contribution in [2.75, 3.05) is 13.7 Å². The van der Waals surface area contributed by atoms with Crippen LogP contribution in [0.1, 0.15) is 31.2 Å². The lowest BCUT2D eigenvalue weighted by Crippen LogP contribution is -2.27. The van der Waals surface area contributed by atoms with Crippen molar-refractivity contribution in [1.82, 2.24) is 10.3 Å². The minimum absolute atomic E-state index is 0.0268. The maximum atomic E-state index is 12.0. The predicted octanol–water partition coefficient (Wildman–Crippen LogP) is 3.19. The molecule has 3 rings (SSSR count). The number of aromatic amines is 1. The molecule has 1 aromatic carbocycles. The van der Waals surface area contributed by atoms with E-state index in [0.717, 1.165) is 29.5 Å². The van der Waals surface area contributed by atoms with Gasteiger partial charge in [-0.15, -0.1) is 12.3 Å². The first-order valence-corrected chi connectivity index (χ1v) is 8.44. The van der Waals surface area contributed by atoms with Crippen LogP contribution in [-0.4, -0.2) is 30.2 Å². The number of nitrogens with one attached hydrogen (secondary N) is 2. The molecule has 1 aromatic heterocycles. The van der Waals surface area contributed by atoms with Crippen LogP contribution in [0.25, 0.3) is 10.9 Å². The average Bonchev–Trinajstić information content (AvgIpc) is 3.30. The first-order valence-electron chi connectivity index (χ1n) is 8.44. The number of aromatic nitrogens is 1. The number of benzene rings is 1. The third-order valence-corrected chi connectivity index (χ3v) is 4.50. The summed E-state index contributed by atoms with van der Waals surface area (Å²) in [6, 6.07) is 5.94. The van der Waals surface area contributed by atoms with Crippen LogP contribution in [0, 0.1) is 12.3 Å². The first-order chi connectivity index (χ1) is 12.2. The zero-order chi connectivity index (χ0) is 17.7. The lowest BCUT2D eigenvalue weighted by Gasteiger charge is -2.09. The molecule has 6 nitrogen and oxygen atoms in total. The largest absolute Gasteiger partial charge is 0.497 e. The monoisotopic (exact) mass is 338 g/mol. The summed E-state index contributed by atoms with van der Waals surface area (Å²) in [6.45, 7) is 0.601. The average molecular weight is 338 g/mol. The molecular formula is C19H22N4O2. The van der Waals surface area contributed by atoms with Crippen molar-refractivity contribution in [1.29, 1.82) is 0 Å². The fourth-order valence-electron chi connectivity index (χ4n) is 2.91. The highest BCUT2D eigenvalue weighted by molar-refractivity contribution is 5.84. The number of rotatable bonds is 9. The molecule has 25 heavy (non-hydrogen) atoms. The van der Waals surface area contributed by atoms with Crippen LogP contribution in [0.3, 0.4) is 0 Å². The summed E-state index contributed by atoms with van der Waals surface area (Å²) < 4.78 is 5.22. The molecule has 1 amide bonds. The number of methoxy groups -OCH3 is 1. The Hall–Kier alpha value is -2.81.